The zero-order valence-corrected chi connectivity index (χ0v) is 12.0. The summed E-state index contributed by atoms with van der Waals surface area (Å²) in [6, 6.07) is 14.1. The van der Waals surface area contributed by atoms with Crippen LogP contribution in [0.2, 0.25) is 0 Å². The minimum Gasteiger partial charge on any atom is -0.329 e. The molecule has 0 saturated carbocycles. The molecule has 3 rings (SSSR count). The highest BCUT2D eigenvalue weighted by Crippen LogP contribution is 2.26. The van der Waals surface area contributed by atoms with Gasteiger partial charge in [-0.3, -0.25) is 0 Å². The monoisotopic (exact) mass is 290 g/mol. The second-order valence-electron chi connectivity index (χ2n) is 5.16. The normalized spacial score (nSPS) is 22.4. The molecule has 106 valence electrons. The third kappa shape index (κ3) is 2.22. The summed E-state index contributed by atoms with van der Waals surface area (Å²) in [5.41, 5.74) is 6.60. The SMILES string of the molecule is NC[C@@H]1CCN(Cc2cccc3ccccc23)S1(=O)=O. The van der Waals surface area contributed by atoms with E-state index in [1.54, 1.807) is 4.31 Å². The van der Waals surface area contributed by atoms with Gasteiger partial charge >= 0.3 is 0 Å². The zero-order valence-electron chi connectivity index (χ0n) is 11.2. The summed E-state index contributed by atoms with van der Waals surface area (Å²) >= 11 is 0. The molecule has 0 radical (unpaired) electrons. The van der Waals surface area contributed by atoms with E-state index in [0.717, 1.165) is 16.3 Å². The first kappa shape index (κ1) is 13.5. The van der Waals surface area contributed by atoms with Crippen molar-refractivity contribution in [3.05, 3.63) is 48.0 Å². The van der Waals surface area contributed by atoms with Crippen LogP contribution in [0.5, 0.6) is 0 Å². The molecular formula is C15H18N2O2S. The first-order chi connectivity index (χ1) is 9.63. The van der Waals surface area contributed by atoms with Crippen molar-refractivity contribution in [2.45, 2.75) is 18.2 Å². The summed E-state index contributed by atoms with van der Waals surface area (Å²) in [6.45, 7) is 1.20. The van der Waals surface area contributed by atoms with Crippen LogP contribution in [0.4, 0.5) is 0 Å². The Hall–Kier alpha value is -1.43. The molecule has 2 aromatic rings. The highest BCUT2D eigenvalue weighted by molar-refractivity contribution is 7.90. The Morgan fingerprint density at radius 2 is 1.90 bits per heavy atom. The van der Waals surface area contributed by atoms with E-state index in [-0.39, 0.29) is 6.54 Å². The topological polar surface area (TPSA) is 63.4 Å². The van der Waals surface area contributed by atoms with E-state index in [1.807, 2.05) is 42.5 Å². The average Bonchev–Trinajstić information content (AvgIpc) is 2.74. The minimum atomic E-state index is -3.24. The van der Waals surface area contributed by atoms with Crippen LogP contribution in [0.3, 0.4) is 0 Å². The van der Waals surface area contributed by atoms with Crippen molar-refractivity contribution in [3.63, 3.8) is 0 Å². The number of nitrogens with two attached hydrogens (primary N) is 1. The molecule has 0 amide bonds. The summed E-state index contributed by atoms with van der Waals surface area (Å²) in [6.07, 6.45) is 0.629. The average molecular weight is 290 g/mol. The van der Waals surface area contributed by atoms with Crippen LogP contribution in [0, 0.1) is 0 Å². The first-order valence-corrected chi connectivity index (χ1v) is 8.29. The molecule has 0 unspecified atom stereocenters. The van der Waals surface area contributed by atoms with E-state index >= 15 is 0 Å². The van der Waals surface area contributed by atoms with Gasteiger partial charge in [0.2, 0.25) is 10.0 Å². The van der Waals surface area contributed by atoms with Gasteiger partial charge in [0.15, 0.2) is 0 Å². The van der Waals surface area contributed by atoms with Crippen molar-refractivity contribution < 1.29 is 8.42 Å². The van der Waals surface area contributed by atoms with Crippen molar-refractivity contribution in [3.8, 4) is 0 Å². The molecule has 2 aromatic carbocycles. The molecule has 1 fully saturated rings. The first-order valence-electron chi connectivity index (χ1n) is 6.78. The van der Waals surface area contributed by atoms with Crippen LogP contribution in [0.1, 0.15) is 12.0 Å². The molecule has 2 N–H and O–H groups in total. The molecule has 0 aliphatic carbocycles. The van der Waals surface area contributed by atoms with Crippen LogP contribution in [0.25, 0.3) is 10.8 Å². The molecule has 20 heavy (non-hydrogen) atoms. The Balaban J connectivity index is 1.95. The fraction of sp³-hybridized carbons (Fsp3) is 0.333. The van der Waals surface area contributed by atoms with Gasteiger partial charge < -0.3 is 5.73 Å². The van der Waals surface area contributed by atoms with Crippen molar-refractivity contribution in [1.29, 1.82) is 0 Å². The lowest BCUT2D eigenvalue weighted by Crippen LogP contribution is -2.32. The summed E-state index contributed by atoms with van der Waals surface area (Å²) < 4.78 is 26.2. The van der Waals surface area contributed by atoms with E-state index < -0.39 is 15.3 Å². The predicted octanol–water partition coefficient (Wildman–Crippen LogP) is 1.70. The molecular weight excluding hydrogens is 272 g/mol. The number of rotatable bonds is 3. The molecule has 0 bridgehead atoms. The van der Waals surface area contributed by atoms with Gasteiger partial charge in [-0.1, -0.05) is 42.5 Å². The van der Waals surface area contributed by atoms with Gasteiger partial charge in [0.1, 0.15) is 0 Å². The predicted molar refractivity (Wildman–Crippen MR) is 80.7 cm³/mol. The second kappa shape index (κ2) is 5.16. The van der Waals surface area contributed by atoms with E-state index in [4.69, 9.17) is 5.73 Å². The number of fused-ring (bicyclic) bond motifs is 1. The lowest BCUT2D eigenvalue weighted by molar-refractivity contribution is 0.441. The molecule has 0 spiro atoms. The lowest BCUT2D eigenvalue weighted by Gasteiger charge is -2.17. The third-order valence-corrected chi connectivity index (χ3v) is 6.27. The smallest absolute Gasteiger partial charge is 0.218 e. The van der Waals surface area contributed by atoms with Crippen LogP contribution < -0.4 is 5.73 Å². The zero-order chi connectivity index (χ0) is 14.2. The molecule has 0 aromatic heterocycles. The second-order valence-corrected chi connectivity index (χ2v) is 7.38. The minimum absolute atomic E-state index is 0.203. The molecule has 1 aliphatic heterocycles. The summed E-state index contributed by atoms with van der Waals surface area (Å²) in [4.78, 5) is 0. The maximum atomic E-state index is 12.3. The highest BCUT2D eigenvalue weighted by atomic mass is 32.2. The molecule has 1 heterocycles. The molecule has 1 atom stereocenters. The van der Waals surface area contributed by atoms with Crippen molar-refractivity contribution in [2.24, 2.45) is 5.73 Å². The quantitative estimate of drug-likeness (QED) is 0.936. The van der Waals surface area contributed by atoms with Gasteiger partial charge in [-0.2, -0.15) is 4.31 Å². The van der Waals surface area contributed by atoms with Gasteiger partial charge in [-0.15, -0.1) is 0 Å². The molecule has 5 heteroatoms. The Morgan fingerprint density at radius 1 is 1.15 bits per heavy atom. The number of hydrogen-bond acceptors (Lipinski definition) is 3. The molecule has 1 saturated heterocycles. The fourth-order valence-electron chi connectivity index (χ4n) is 2.80. The third-order valence-electron chi connectivity index (χ3n) is 3.97. The van der Waals surface area contributed by atoms with Crippen LogP contribution in [-0.4, -0.2) is 31.1 Å². The summed E-state index contributed by atoms with van der Waals surface area (Å²) in [5, 5.41) is 1.83. The van der Waals surface area contributed by atoms with E-state index in [0.29, 0.717) is 19.5 Å². The Labute approximate surface area is 119 Å². The summed E-state index contributed by atoms with van der Waals surface area (Å²) in [7, 11) is -3.24. The van der Waals surface area contributed by atoms with Crippen LogP contribution in [-0.2, 0) is 16.6 Å². The van der Waals surface area contributed by atoms with Crippen LogP contribution >= 0.6 is 0 Å². The van der Waals surface area contributed by atoms with Crippen LogP contribution in [0.15, 0.2) is 42.5 Å². The largest absolute Gasteiger partial charge is 0.329 e. The maximum Gasteiger partial charge on any atom is 0.218 e. The van der Waals surface area contributed by atoms with E-state index in [9.17, 15) is 8.42 Å². The van der Waals surface area contributed by atoms with Gasteiger partial charge in [0.05, 0.1) is 5.25 Å². The Bertz CT molecular complexity index is 722. The fourth-order valence-corrected chi connectivity index (χ4v) is 4.55. The standard InChI is InChI=1S/C15H18N2O2S/c16-10-14-8-9-17(20(14,18)19)11-13-6-3-5-12-4-1-2-7-15(12)13/h1-7,14H,8-11,16H2/t14-/m0/s1. The van der Waals surface area contributed by atoms with Crippen molar-refractivity contribution in [2.75, 3.05) is 13.1 Å². The number of sulfonamides is 1. The number of nitrogens with zero attached hydrogens (tertiary/aromatic N) is 1. The van der Waals surface area contributed by atoms with Gasteiger partial charge in [0, 0.05) is 19.6 Å². The summed E-state index contributed by atoms with van der Waals surface area (Å²) in [5.74, 6) is 0. The van der Waals surface area contributed by atoms with Gasteiger partial charge in [-0.05, 0) is 22.8 Å². The molecule has 1 aliphatic rings. The van der Waals surface area contributed by atoms with E-state index in [2.05, 4.69) is 0 Å². The van der Waals surface area contributed by atoms with Gasteiger partial charge in [0.25, 0.3) is 0 Å². The van der Waals surface area contributed by atoms with Crippen molar-refractivity contribution in [1.82, 2.24) is 4.31 Å². The van der Waals surface area contributed by atoms with Crippen molar-refractivity contribution >= 4 is 20.8 Å². The number of hydrogen-bond donors (Lipinski definition) is 1. The Kier molecular flexibility index (Phi) is 3.50. The number of benzene rings is 2. The van der Waals surface area contributed by atoms with E-state index in [1.165, 1.54) is 0 Å². The Morgan fingerprint density at radius 3 is 2.65 bits per heavy atom. The lowest BCUT2D eigenvalue weighted by atomic mass is 10.0. The highest BCUT2D eigenvalue weighted by Gasteiger charge is 2.37. The molecule has 4 nitrogen and oxygen atoms in total. The van der Waals surface area contributed by atoms with Gasteiger partial charge in [-0.25, -0.2) is 8.42 Å². The maximum absolute atomic E-state index is 12.3.